The van der Waals surface area contributed by atoms with E-state index in [1.165, 1.54) is 0 Å². The van der Waals surface area contributed by atoms with E-state index in [1.54, 1.807) is 23.6 Å². The molecule has 0 aliphatic carbocycles. The van der Waals surface area contributed by atoms with Crippen LogP contribution in [0.25, 0.3) is 5.65 Å². The van der Waals surface area contributed by atoms with E-state index in [-0.39, 0.29) is 12.7 Å². The van der Waals surface area contributed by atoms with Crippen molar-refractivity contribution in [3.8, 4) is 11.5 Å². The van der Waals surface area contributed by atoms with Crippen LogP contribution in [0.3, 0.4) is 0 Å². The number of aromatic nitrogens is 2. The van der Waals surface area contributed by atoms with Crippen LogP contribution in [0, 0.1) is 13.8 Å². The second-order valence-electron chi connectivity index (χ2n) is 5.79. The predicted octanol–water partition coefficient (Wildman–Crippen LogP) is 2.44. The molecule has 3 heterocycles. The number of hydrazone groups is 1. The molecule has 1 aromatic carbocycles. The average Bonchev–Trinajstić information content (AvgIpc) is 3.17. The number of carbonyl (C=O) groups is 1. The first kappa shape index (κ1) is 15.2. The van der Waals surface area contributed by atoms with E-state index in [0.717, 1.165) is 16.8 Å². The molecule has 3 aromatic rings. The first-order valence-corrected chi connectivity index (χ1v) is 7.80. The first-order valence-electron chi connectivity index (χ1n) is 7.80. The number of fused-ring (bicyclic) bond motifs is 2. The Labute approximate surface area is 143 Å². The zero-order chi connectivity index (χ0) is 17.4. The van der Waals surface area contributed by atoms with Gasteiger partial charge in [-0.1, -0.05) is 0 Å². The number of imidazole rings is 1. The van der Waals surface area contributed by atoms with Gasteiger partial charge in [-0.15, -0.1) is 0 Å². The quantitative estimate of drug-likeness (QED) is 0.589. The van der Waals surface area contributed by atoms with Crippen LogP contribution in [0.4, 0.5) is 0 Å². The Bertz CT molecular complexity index is 1010. The van der Waals surface area contributed by atoms with E-state index >= 15 is 0 Å². The number of nitrogens with zero attached hydrogens (tertiary/aromatic N) is 3. The summed E-state index contributed by atoms with van der Waals surface area (Å²) < 4.78 is 12.3. The highest BCUT2D eigenvalue weighted by Crippen LogP contribution is 2.31. The lowest BCUT2D eigenvalue weighted by molar-refractivity contribution is 0.0948. The Kier molecular flexibility index (Phi) is 3.61. The zero-order valence-electron chi connectivity index (χ0n) is 13.8. The number of amides is 1. The van der Waals surface area contributed by atoms with Crippen molar-refractivity contribution in [3.05, 3.63) is 59.0 Å². The van der Waals surface area contributed by atoms with E-state index in [9.17, 15) is 4.79 Å². The van der Waals surface area contributed by atoms with E-state index in [4.69, 9.17) is 9.47 Å². The van der Waals surface area contributed by atoms with Crippen molar-refractivity contribution >= 4 is 17.8 Å². The lowest BCUT2D eigenvalue weighted by atomic mass is 10.2. The summed E-state index contributed by atoms with van der Waals surface area (Å²) in [7, 11) is 0. The number of benzene rings is 1. The maximum atomic E-state index is 12.5. The van der Waals surface area contributed by atoms with Crippen LogP contribution in [0.15, 0.2) is 41.6 Å². The van der Waals surface area contributed by atoms with Crippen molar-refractivity contribution in [1.82, 2.24) is 14.8 Å². The van der Waals surface area contributed by atoms with Crippen LogP contribution in [0.2, 0.25) is 0 Å². The summed E-state index contributed by atoms with van der Waals surface area (Å²) in [5.41, 5.74) is 6.30. The van der Waals surface area contributed by atoms with Gasteiger partial charge in [0.25, 0.3) is 5.91 Å². The van der Waals surface area contributed by atoms with Crippen LogP contribution in [-0.4, -0.2) is 28.3 Å². The molecule has 0 radical (unpaired) electrons. The third kappa shape index (κ3) is 2.80. The third-order valence-electron chi connectivity index (χ3n) is 3.95. The van der Waals surface area contributed by atoms with Crippen molar-refractivity contribution < 1.29 is 14.3 Å². The molecule has 0 fully saturated rings. The molecule has 0 saturated heterocycles. The standard InChI is InChI=1S/C18H16N4O3/c1-11-5-6-22-16(7-11)20-12(2)17(22)18(23)21-19-9-13-3-4-14-15(8-13)25-10-24-14/h3-9H,10H2,1-2H3,(H,21,23)/b19-9-. The number of rotatable bonds is 3. The fourth-order valence-electron chi connectivity index (χ4n) is 2.75. The molecular formula is C18H16N4O3. The number of ether oxygens (including phenoxy) is 2. The molecule has 4 rings (SSSR count). The number of hydrogen-bond donors (Lipinski definition) is 1. The monoisotopic (exact) mass is 336 g/mol. The minimum Gasteiger partial charge on any atom is -0.454 e. The molecule has 126 valence electrons. The van der Waals surface area contributed by atoms with E-state index < -0.39 is 0 Å². The summed E-state index contributed by atoms with van der Waals surface area (Å²) in [4.78, 5) is 16.9. The van der Waals surface area contributed by atoms with Crippen molar-refractivity contribution in [3.63, 3.8) is 0 Å². The van der Waals surface area contributed by atoms with Gasteiger partial charge in [0.1, 0.15) is 11.3 Å². The molecule has 1 aliphatic rings. The fraction of sp³-hybridized carbons (Fsp3) is 0.167. The Balaban J connectivity index is 1.53. The highest BCUT2D eigenvalue weighted by Gasteiger charge is 2.16. The van der Waals surface area contributed by atoms with Gasteiger partial charge >= 0.3 is 0 Å². The molecule has 0 bridgehead atoms. The molecule has 0 unspecified atom stereocenters. The summed E-state index contributed by atoms with van der Waals surface area (Å²) in [6.45, 7) is 4.01. The molecule has 1 N–H and O–H groups in total. The van der Waals surface area contributed by atoms with Gasteiger partial charge in [-0.2, -0.15) is 5.10 Å². The molecule has 0 saturated carbocycles. The van der Waals surface area contributed by atoms with Gasteiger partial charge in [-0.05, 0) is 55.3 Å². The van der Waals surface area contributed by atoms with E-state index in [0.29, 0.717) is 22.9 Å². The first-order chi connectivity index (χ1) is 12.1. The molecule has 1 amide bonds. The number of hydrogen-bond acceptors (Lipinski definition) is 5. The van der Waals surface area contributed by atoms with Crippen LogP contribution in [0.5, 0.6) is 11.5 Å². The number of carbonyl (C=O) groups excluding carboxylic acids is 1. The SMILES string of the molecule is Cc1ccn2c(C(=O)N/N=C\c3ccc4c(c3)OCO4)c(C)nc2c1. The molecule has 1 aliphatic heterocycles. The maximum absolute atomic E-state index is 12.5. The van der Waals surface area contributed by atoms with Gasteiger partial charge < -0.3 is 9.47 Å². The van der Waals surface area contributed by atoms with Gasteiger partial charge in [0.15, 0.2) is 11.5 Å². The Hall–Kier alpha value is -3.35. The molecule has 7 heteroatoms. The summed E-state index contributed by atoms with van der Waals surface area (Å²) in [6, 6.07) is 9.31. The van der Waals surface area contributed by atoms with Crippen LogP contribution in [-0.2, 0) is 0 Å². The van der Waals surface area contributed by atoms with E-state index in [1.807, 2.05) is 37.4 Å². The third-order valence-corrected chi connectivity index (χ3v) is 3.95. The lowest BCUT2D eigenvalue weighted by Gasteiger charge is -2.02. The lowest BCUT2D eigenvalue weighted by Crippen LogP contribution is -2.20. The van der Waals surface area contributed by atoms with Gasteiger partial charge in [0.05, 0.1) is 11.9 Å². The van der Waals surface area contributed by atoms with Crippen molar-refractivity contribution in [1.29, 1.82) is 0 Å². The van der Waals surface area contributed by atoms with Crippen molar-refractivity contribution in [2.45, 2.75) is 13.8 Å². The minimum atomic E-state index is -0.314. The summed E-state index contributed by atoms with van der Waals surface area (Å²) in [5.74, 6) is 1.06. The Morgan fingerprint density at radius 1 is 1.24 bits per heavy atom. The van der Waals surface area contributed by atoms with Crippen LogP contribution >= 0.6 is 0 Å². The van der Waals surface area contributed by atoms with Crippen molar-refractivity contribution in [2.75, 3.05) is 6.79 Å². The normalized spacial score (nSPS) is 12.9. The zero-order valence-corrected chi connectivity index (χ0v) is 13.8. The average molecular weight is 336 g/mol. The molecule has 25 heavy (non-hydrogen) atoms. The maximum Gasteiger partial charge on any atom is 0.290 e. The number of aryl methyl sites for hydroxylation is 2. The summed E-state index contributed by atoms with van der Waals surface area (Å²) >= 11 is 0. The van der Waals surface area contributed by atoms with Crippen LogP contribution < -0.4 is 14.9 Å². The smallest absolute Gasteiger partial charge is 0.290 e. The van der Waals surface area contributed by atoms with E-state index in [2.05, 4.69) is 15.5 Å². The second-order valence-corrected chi connectivity index (χ2v) is 5.79. The fourth-order valence-corrected chi connectivity index (χ4v) is 2.75. The Morgan fingerprint density at radius 3 is 2.96 bits per heavy atom. The van der Waals surface area contributed by atoms with Crippen molar-refractivity contribution in [2.24, 2.45) is 5.10 Å². The van der Waals surface area contributed by atoms with Gasteiger partial charge in [0.2, 0.25) is 6.79 Å². The highest BCUT2D eigenvalue weighted by atomic mass is 16.7. The summed E-state index contributed by atoms with van der Waals surface area (Å²) in [6.07, 6.45) is 3.39. The molecule has 0 atom stereocenters. The van der Waals surface area contributed by atoms with Gasteiger partial charge in [-0.25, -0.2) is 10.4 Å². The number of pyridine rings is 1. The second kappa shape index (κ2) is 5.94. The molecule has 2 aromatic heterocycles. The number of nitrogens with one attached hydrogen (secondary N) is 1. The minimum absolute atomic E-state index is 0.222. The molecule has 0 spiro atoms. The van der Waals surface area contributed by atoms with Crippen LogP contribution in [0.1, 0.15) is 27.3 Å². The largest absolute Gasteiger partial charge is 0.454 e. The molecular weight excluding hydrogens is 320 g/mol. The summed E-state index contributed by atoms with van der Waals surface area (Å²) in [5, 5.41) is 4.03. The van der Waals surface area contributed by atoms with Gasteiger partial charge in [-0.3, -0.25) is 9.20 Å². The molecule has 7 nitrogen and oxygen atoms in total. The topological polar surface area (TPSA) is 77.2 Å². The predicted molar refractivity (Wildman–Crippen MR) is 92.3 cm³/mol. The van der Waals surface area contributed by atoms with Gasteiger partial charge in [0, 0.05) is 6.20 Å². The Morgan fingerprint density at radius 2 is 2.08 bits per heavy atom. The highest BCUT2D eigenvalue weighted by molar-refractivity contribution is 5.95.